The van der Waals surface area contributed by atoms with Crippen LogP contribution in [0.25, 0.3) is 0 Å². The smallest absolute Gasteiger partial charge is 0.422 e. The van der Waals surface area contributed by atoms with E-state index in [-0.39, 0.29) is 18.5 Å². The number of halogens is 4. The molecule has 2 aromatic heterocycles. The van der Waals surface area contributed by atoms with Gasteiger partial charge in [-0.2, -0.15) is 13.2 Å². The lowest BCUT2D eigenvalue weighted by Gasteiger charge is -2.34. The molecule has 0 spiro atoms. The van der Waals surface area contributed by atoms with Crippen molar-refractivity contribution in [2.45, 2.75) is 19.3 Å². The van der Waals surface area contributed by atoms with Crippen molar-refractivity contribution in [3.63, 3.8) is 0 Å². The fourth-order valence-electron chi connectivity index (χ4n) is 2.89. The lowest BCUT2D eigenvalue weighted by molar-refractivity contribution is -0.154. The minimum atomic E-state index is -4.45. The number of rotatable bonds is 6. The molecule has 0 bridgehead atoms. The van der Waals surface area contributed by atoms with E-state index >= 15 is 0 Å². The number of nitrogens with one attached hydrogen (secondary N) is 1. The maximum absolute atomic E-state index is 12.4. The zero-order chi connectivity index (χ0) is 20.9. The molecule has 1 aliphatic rings. The topological polar surface area (TPSA) is 57.7 Å². The van der Waals surface area contributed by atoms with Crippen LogP contribution in [0.4, 0.5) is 18.0 Å². The summed E-state index contributed by atoms with van der Waals surface area (Å²) in [4.78, 5) is 21.3. The molecule has 1 aliphatic heterocycles. The normalized spacial score (nSPS) is 15.4. The van der Waals surface area contributed by atoms with Crippen molar-refractivity contribution in [1.29, 1.82) is 0 Å². The predicted molar refractivity (Wildman–Crippen MR) is 104 cm³/mol. The Morgan fingerprint density at radius 1 is 1.24 bits per heavy atom. The summed E-state index contributed by atoms with van der Waals surface area (Å²) in [7, 11) is 0. The van der Waals surface area contributed by atoms with E-state index < -0.39 is 12.8 Å². The van der Waals surface area contributed by atoms with Crippen molar-refractivity contribution in [3.8, 4) is 5.88 Å². The lowest BCUT2D eigenvalue weighted by Crippen LogP contribution is -2.51. The van der Waals surface area contributed by atoms with Gasteiger partial charge in [-0.05, 0) is 18.2 Å². The third kappa shape index (κ3) is 6.76. The van der Waals surface area contributed by atoms with E-state index in [4.69, 9.17) is 16.3 Å². The molecule has 3 rings (SSSR count). The summed E-state index contributed by atoms with van der Waals surface area (Å²) in [6.07, 6.45) is -3.11. The highest BCUT2D eigenvalue weighted by Gasteiger charge is 2.29. The van der Waals surface area contributed by atoms with Crippen molar-refractivity contribution in [3.05, 3.63) is 45.2 Å². The first-order valence-corrected chi connectivity index (χ1v) is 10.1. The second kappa shape index (κ2) is 9.64. The SMILES string of the molecule is O=C(NCc1cccnc1OCC(F)(F)F)N1CCN(Cc2ccc(Cl)s2)CC1. The van der Waals surface area contributed by atoms with Gasteiger partial charge in [-0.1, -0.05) is 17.7 Å². The van der Waals surface area contributed by atoms with E-state index in [1.165, 1.54) is 11.1 Å². The predicted octanol–water partition coefficient (Wildman–Crippen LogP) is 3.77. The monoisotopic (exact) mass is 448 g/mol. The van der Waals surface area contributed by atoms with Gasteiger partial charge < -0.3 is 15.0 Å². The number of hydrogen-bond donors (Lipinski definition) is 1. The maximum atomic E-state index is 12.4. The van der Waals surface area contributed by atoms with Crippen LogP contribution in [0.2, 0.25) is 4.34 Å². The molecule has 1 N–H and O–H groups in total. The minimum absolute atomic E-state index is 0.0355. The zero-order valence-corrected chi connectivity index (χ0v) is 17.0. The minimum Gasteiger partial charge on any atom is -0.468 e. The third-order valence-electron chi connectivity index (χ3n) is 4.32. The highest BCUT2D eigenvalue weighted by Crippen LogP contribution is 2.23. The van der Waals surface area contributed by atoms with Crippen LogP contribution in [0, 0.1) is 0 Å². The van der Waals surface area contributed by atoms with E-state index in [0.717, 1.165) is 24.0 Å². The summed E-state index contributed by atoms with van der Waals surface area (Å²) in [5.74, 6) is -0.135. The average Bonchev–Trinajstić information content (AvgIpc) is 3.09. The first kappa shape index (κ1) is 21.7. The van der Waals surface area contributed by atoms with Crippen LogP contribution in [0.3, 0.4) is 0 Å². The molecule has 29 heavy (non-hydrogen) atoms. The number of carbonyl (C=O) groups excluding carboxylic acids is 1. The first-order chi connectivity index (χ1) is 13.8. The van der Waals surface area contributed by atoms with Gasteiger partial charge in [-0.3, -0.25) is 4.90 Å². The van der Waals surface area contributed by atoms with Gasteiger partial charge in [0.25, 0.3) is 0 Å². The number of urea groups is 1. The Balaban J connectivity index is 1.46. The van der Waals surface area contributed by atoms with E-state index in [1.54, 1.807) is 28.4 Å². The molecule has 0 atom stereocenters. The molecular formula is C18H20ClF3N4O2S. The molecule has 0 aliphatic carbocycles. The summed E-state index contributed by atoms with van der Waals surface area (Å²) >= 11 is 7.49. The van der Waals surface area contributed by atoms with Crippen LogP contribution in [-0.4, -0.2) is 59.8 Å². The molecule has 2 aromatic rings. The first-order valence-electron chi connectivity index (χ1n) is 8.93. The molecule has 3 heterocycles. The number of piperazine rings is 1. The summed E-state index contributed by atoms with van der Waals surface area (Å²) in [5.41, 5.74) is 0.387. The number of hydrogen-bond acceptors (Lipinski definition) is 5. The summed E-state index contributed by atoms with van der Waals surface area (Å²) in [5, 5.41) is 2.73. The number of alkyl halides is 3. The van der Waals surface area contributed by atoms with Crippen LogP contribution in [0.1, 0.15) is 10.4 Å². The van der Waals surface area contributed by atoms with Crippen molar-refractivity contribution in [1.82, 2.24) is 20.1 Å². The van der Waals surface area contributed by atoms with Crippen LogP contribution >= 0.6 is 22.9 Å². The number of carbonyl (C=O) groups is 1. The molecule has 11 heteroatoms. The molecule has 6 nitrogen and oxygen atoms in total. The number of thiophene rings is 1. The lowest BCUT2D eigenvalue weighted by atomic mass is 10.2. The van der Waals surface area contributed by atoms with E-state index in [9.17, 15) is 18.0 Å². The third-order valence-corrected chi connectivity index (χ3v) is 5.54. The Labute approximate surface area is 175 Å². The standard InChI is InChI=1S/C18H20ClF3N4O2S/c19-15-4-3-14(29-15)11-25-6-8-26(9-7-25)17(27)24-10-13-2-1-5-23-16(13)28-12-18(20,21)22/h1-5H,6-12H2,(H,24,27). The maximum Gasteiger partial charge on any atom is 0.422 e. The second-order valence-electron chi connectivity index (χ2n) is 6.50. The van der Waals surface area contributed by atoms with E-state index in [1.807, 2.05) is 12.1 Å². The Morgan fingerprint density at radius 2 is 2.00 bits per heavy atom. The van der Waals surface area contributed by atoms with Gasteiger partial charge in [-0.25, -0.2) is 9.78 Å². The van der Waals surface area contributed by atoms with E-state index in [0.29, 0.717) is 18.7 Å². The molecule has 1 saturated heterocycles. The number of amides is 2. The van der Waals surface area contributed by atoms with Crippen LogP contribution in [-0.2, 0) is 13.1 Å². The van der Waals surface area contributed by atoms with Gasteiger partial charge in [0.1, 0.15) is 0 Å². The Morgan fingerprint density at radius 3 is 2.66 bits per heavy atom. The quantitative estimate of drug-likeness (QED) is 0.731. The number of pyridine rings is 1. The molecular weight excluding hydrogens is 429 g/mol. The summed E-state index contributed by atoms with van der Waals surface area (Å²) < 4.78 is 42.6. The molecule has 0 radical (unpaired) electrons. The molecule has 2 amide bonds. The fourth-order valence-corrected chi connectivity index (χ4v) is 4.02. The van der Waals surface area contributed by atoms with Crippen LogP contribution in [0.5, 0.6) is 5.88 Å². The summed E-state index contributed by atoms with van der Waals surface area (Å²) in [6.45, 7) is 1.99. The van der Waals surface area contributed by atoms with Crippen molar-refractivity contribution in [2.75, 3.05) is 32.8 Å². The van der Waals surface area contributed by atoms with Crippen molar-refractivity contribution >= 4 is 29.0 Å². The number of nitrogens with zero attached hydrogens (tertiary/aromatic N) is 3. The number of ether oxygens (including phenoxy) is 1. The molecule has 0 unspecified atom stereocenters. The Kier molecular flexibility index (Phi) is 7.20. The van der Waals surface area contributed by atoms with Crippen molar-refractivity contribution < 1.29 is 22.7 Å². The molecule has 0 aromatic carbocycles. The van der Waals surface area contributed by atoms with Gasteiger partial charge in [-0.15, -0.1) is 11.3 Å². The van der Waals surface area contributed by atoms with Gasteiger partial charge >= 0.3 is 12.2 Å². The van der Waals surface area contributed by atoms with E-state index in [2.05, 4.69) is 15.2 Å². The molecule has 0 saturated carbocycles. The second-order valence-corrected chi connectivity index (χ2v) is 8.30. The van der Waals surface area contributed by atoms with Gasteiger partial charge in [0.05, 0.1) is 4.34 Å². The zero-order valence-electron chi connectivity index (χ0n) is 15.4. The van der Waals surface area contributed by atoms with Gasteiger partial charge in [0.15, 0.2) is 6.61 Å². The summed E-state index contributed by atoms with van der Waals surface area (Å²) in [6, 6.07) is 6.75. The van der Waals surface area contributed by atoms with Crippen LogP contribution < -0.4 is 10.1 Å². The highest BCUT2D eigenvalue weighted by atomic mass is 35.5. The number of aromatic nitrogens is 1. The highest BCUT2D eigenvalue weighted by molar-refractivity contribution is 7.16. The molecule has 1 fully saturated rings. The largest absolute Gasteiger partial charge is 0.468 e. The van der Waals surface area contributed by atoms with Crippen molar-refractivity contribution in [2.24, 2.45) is 0 Å². The van der Waals surface area contributed by atoms with Gasteiger partial charge in [0.2, 0.25) is 5.88 Å². The van der Waals surface area contributed by atoms with Gasteiger partial charge in [0, 0.05) is 55.9 Å². The molecule has 158 valence electrons. The average molecular weight is 449 g/mol. The fraction of sp³-hybridized carbons (Fsp3) is 0.444. The Bertz CT molecular complexity index is 825. The van der Waals surface area contributed by atoms with Crippen LogP contribution in [0.15, 0.2) is 30.5 Å². The Hall–Kier alpha value is -2.04.